The molecule has 0 unspecified atom stereocenters. The maximum absolute atomic E-state index is 3.46. The lowest BCUT2D eigenvalue weighted by atomic mass is 10.1. The molecule has 1 aliphatic rings. The molecule has 0 radical (unpaired) electrons. The summed E-state index contributed by atoms with van der Waals surface area (Å²) in [6.07, 6.45) is 6.17. The smallest absolute Gasteiger partial charge is 0.0357 e. The van der Waals surface area contributed by atoms with Crippen molar-refractivity contribution >= 4 is 0 Å². The van der Waals surface area contributed by atoms with Crippen molar-refractivity contribution in [2.24, 2.45) is 0 Å². The second-order valence-corrected chi connectivity index (χ2v) is 4.27. The topological polar surface area (TPSA) is 31.1 Å². The number of rotatable bonds is 5. The van der Waals surface area contributed by atoms with Gasteiger partial charge >= 0.3 is 0 Å². The Hall–Kier alpha value is -0.800. The van der Waals surface area contributed by atoms with E-state index in [2.05, 4.69) is 21.3 Å². The molecule has 0 spiro atoms. The van der Waals surface area contributed by atoms with E-state index in [9.17, 15) is 0 Å². The molecule has 84 valence electrons. The van der Waals surface area contributed by atoms with Gasteiger partial charge in [0.1, 0.15) is 0 Å². The van der Waals surface area contributed by atoms with Crippen LogP contribution in [0.1, 0.15) is 25.0 Å². The Labute approximate surface area is 91.9 Å². The summed E-state index contributed by atoms with van der Waals surface area (Å²) in [5.74, 6) is 0. The van der Waals surface area contributed by atoms with Gasteiger partial charge in [-0.05, 0) is 38.1 Å². The van der Waals surface area contributed by atoms with Crippen LogP contribution >= 0.6 is 0 Å². The molecule has 1 aromatic rings. The number of nitrogens with one attached hydrogen (secondary N) is 2. The Kier molecular flexibility index (Phi) is 4.23. The lowest BCUT2D eigenvalue weighted by Gasteiger charge is -2.26. The van der Waals surface area contributed by atoms with Crippen LogP contribution in [0, 0.1) is 0 Å². The number of hydrogen-bond donors (Lipinski definition) is 2. The first-order valence-corrected chi connectivity index (χ1v) is 6.00. The minimum atomic E-state index is 0.959. The highest BCUT2D eigenvalue weighted by atomic mass is 15.1. The average molecular weight is 207 g/mol. The van der Waals surface area contributed by atoms with Crippen molar-refractivity contribution in [3.8, 4) is 0 Å². The van der Waals surface area contributed by atoms with E-state index in [1.165, 1.54) is 44.6 Å². The van der Waals surface area contributed by atoms with Crippen molar-refractivity contribution < 1.29 is 0 Å². The quantitative estimate of drug-likeness (QED) is 0.718. The van der Waals surface area contributed by atoms with E-state index in [-0.39, 0.29) is 0 Å². The summed E-state index contributed by atoms with van der Waals surface area (Å²) in [6.45, 7) is 5.84. The summed E-state index contributed by atoms with van der Waals surface area (Å²) in [5.41, 5.74) is 1.27. The van der Waals surface area contributed by atoms with Crippen LogP contribution in [0.3, 0.4) is 0 Å². The number of likely N-dealkylation sites (tertiary alicyclic amines) is 1. The molecule has 0 aromatic carbocycles. The van der Waals surface area contributed by atoms with Crippen LogP contribution in [0.4, 0.5) is 0 Å². The summed E-state index contributed by atoms with van der Waals surface area (Å²) >= 11 is 0. The van der Waals surface area contributed by atoms with Gasteiger partial charge in [0.25, 0.3) is 0 Å². The molecule has 1 aromatic heterocycles. The number of aromatic amines is 1. The highest BCUT2D eigenvalue weighted by Crippen LogP contribution is 2.07. The molecule has 0 amide bonds. The second-order valence-electron chi connectivity index (χ2n) is 4.27. The van der Waals surface area contributed by atoms with Crippen LogP contribution in [0.5, 0.6) is 0 Å². The van der Waals surface area contributed by atoms with Crippen LogP contribution in [0.25, 0.3) is 0 Å². The van der Waals surface area contributed by atoms with Crippen molar-refractivity contribution in [1.29, 1.82) is 0 Å². The Balaban J connectivity index is 1.54. The number of nitrogens with zero attached hydrogens (tertiary/aromatic N) is 1. The summed E-state index contributed by atoms with van der Waals surface area (Å²) in [5, 5.41) is 3.46. The van der Waals surface area contributed by atoms with Crippen molar-refractivity contribution in [3.05, 3.63) is 24.0 Å². The van der Waals surface area contributed by atoms with Gasteiger partial charge in [-0.3, -0.25) is 0 Å². The average Bonchev–Trinajstić information content (AvgIpc) is 2.79. The van der Waals surface area contributed by atoms with E-state index in [0.29, 0.717) is 0 Å². The number of piperidine rings is 1. The Bertz CT molecular complexity index is 250. The molecule has 15 heavy (non-hydrogen) atoms. The number of hydrogen-bond acceptors (Lipinski definition) is 2. The van der Waals surface area contributed by atoms with Gasteiger partial charge in [-0.25, -0.2) is 0 Å². The third-order valence-corrected chi connectivity index (χ3v) is 3.03. The molecule has 0 aliphatic carbocycles. The number of aromatic nitrogens is 1. The van der Waals surface area contributed by atoms with Gasteiger partial charge in [-0.2, -0.15) is 0 Å². The van der Waals surface area contributed by atoms with E-state index >= 15 is 0 Å². The zero-order valence-corrected chi connectivity index (χ0v) is 9.34. The highest BCUT2D eigenvalue weighted by molar-refractivity contribution is 5.02. The summed E-state index contributed by atoms with van der Waals surface area (Å²) in [4.78, 5) is 5.76. The molecule has 1 aliphatic heterocycles. The maximum Gasteiger partial charge on any atom is 0.0357 e. The van der Waals surface area contributed by atoms with Gasteiger partial charge in [-0.15, -0.1) is 0 Å². The van der Waals surface area contributed by atoms with Gasteiger partial charge in [0.05, 0.1) is 0 Å². The Morgan fingerprint density at radius 3 is 2.87 bits per heavy atom. The second kappa shape index (κ2) is 5.93. The fourth-order valence-corrected chi connectivity index (χ4v) is 2.12. The van der Waals surface area contributed by atoms with E-state index in [1.54, 1.807) is 0 Å². The van der Waals surface area contributed by atoms with Gasteiger partial charge in [0.15, 0.2) is 0 Å². The van der Waals surface area contributed by atoms with Crippen LogP contribution in [-0.4, -0.2) is 36.1 Å². The molecule has 0 saturated carbocycles. The first kappa shape index (κ1) is 10.7. The highest BCUT2D eigenvalue weighted by Gasteiger charge is 2.08. The molecule has 0 atom stereocenters. The first-order chi connectivity index (χ1) is 7.45. The molecular weight excluding hydrogens is 186 g/mol. The van der Waals surface area contributed by atoms with Crippen LogP contribution in [-0.2, 0) is 6.54 Å². The standard InChI is InChI=1S/C12H21N3/c1-2-8-15(9-3-1)10-7-13-11-12-5-4-6-14-12/h4-6,13-14H,1-3,7-11H2. The van der Waals surface area contributed by atoms with Crippen LogP contribution in [0.2, 0.25) is 0 Å². The summed E-state index contributed by atoms with van der Waals surface area (Å²) in [7, 11) is 0. The lowest BCUT2D eigenvalue weighted by molar-refractivity contribution is 0.229. The van der Waals surface area contributed by atoms with Gasteiger partial charge < -0.3 is 15.2 Å². The molecule has 3 nitrogen and oxygen atoms in total. The Morgan fingerprint density at radius 1 is 1.27 bits per heavy atom. The third kappa shape index (κ3) is 3.68. The van der Waals surface area contributed by atoms with E-state index in [4.69, 9.17) is 0 Å². The van der Waals surface area contributed by atoms with Crippen molar-refractivity contribution in [1.82, 2.24) is 15.2 Å². The summed E-state index contributed by atoms with van der Waals surface area (Å²) in [6, 6.07) is 4.16. The Morgan fingerprint density at radius 2 is 2.13 bits per heavy atom. The molecule has 0 bridgehead atoms. The fourth-order valence-electron chi connectivity index (χ4n) is 2.12. The molecule has 3 heteroatoms. The van der Waals surface area contributed by atoms with Crippen molar-refractivity contribution in [2.75, 3.05) is 26.2 Å². The lowest BCUT2D eigenvalue weighted by Crippen LogP contribution is -2.35. The molecule has 2 heterocycles. The molecule has 1 fully saturated rings. The zero-order valence-electron chi connectivity index (χ0n) is 9.34. The van der Waals surface area contributed by atoms with Crippen LogP contribution in [0.15, 0.2) is 18.3 Å². The first-order valence-electron chi connectivity index (χ1n) is 6.00. The maximum atomic E-state index is 3.46. The van der Waals surface area contributed by atoms with Gasteiger partial charge in [-0.1, -0.05) is 6.42 Å². The normalized spacial score (nSPS) is 18.1. The molecule has 2 rings (SSSR count). The minimum absolute atomic E-state index is 0.959. The molecule has 2 N–H and O–H groups in total. The predicted molar refractivity (Wildman–Crippen MR) is 62.8 cm³/mol. The number of H-pyrrole nitrogens is 1. The van der Waals surface area contributed by atoms with Gasteiger partial charge in [0.2, 0.25) is 0 Å². The molecule has 1 saturated heterocycles. The van der Waals surface area contributed by atoms with Crippen LogP contribution < -0.4 is 5.32 Å². The van der Waals surface area contributed by atoms with E-state index in [1.807, 2.05) is 12.3 Å². The van der Waals surface area contributed by atoms with E-state index in [0.717, 1.165) is 13.1 Å². The summed E-state index contributed by atoms with van der Waals surface area (Å²) < 4.78 is 0. The zero-order chi connectivity index (χ0) is 10.3. The fraction of sp³-hybridized carbons (Fsp3) is 0.667. The third-order valence-electron chi connectivity index (χ3n) is 3.03. The monoisotopic (exact) mass is 207 g/mol. The van der Waals surface area contributed by atoms with Crippen molar-refractivity contribution in [3.63, 3.8) is 0 Å². The SMILES string of the molecule is c1c[nH]c(CNCCN2CCCCC2)c1. The predicted octanol–water partition coefficient (Wildman–Crippen LogP) is 1.59. The molecular formula is C12H21N3. The largest absolute Gasteiger partial charge is 0.364 e. The van der Waals surface area contributed by atoms with Crippen molar-refractivity contribution in [2.45, 2.75) is 25.8 Å². The van der Waals surface area contributed by atoms with Gasteiger partial charge in [0, 0.05) is 31.5 Å². The van der Waals surface area contributed by atoms with E-state index < -0.39 is 0 Å². The minimum Gasteiger partial charge on any atom is -0.364 e.